The number of benzene rings is 2. The first-order chi connectivity index (χ1) is 9.59. The number of hydrogen-bond acceptors (Lipinski definition) is 2. The molecule has 2 aromatic carbocycles. The molecule has 2 atom stereocenters. The van der Waals surface area contributed by atoms with E-state index >= 15 is 0 Å². The zero-order valence-electron chi connectivity index (χ0n) is 11.6. The van der Waals surface area contributed by atoms with Crippen LogP contribution in [0.25, 0.3) is 10.8 Å². The Labute approximate surface area is 146 Å². The van der Waals surface area contributed by atoms with Gasteiger partial charge in [-0.1, -0.05) is 25.1 Å². The molecule has 0 aromatic heterocycles. The Hall–Kier alpha value is -0.830. The second-order valence-electron chi connectivity index (χ2n) is 6.47. The summed E-state index contributed by atoms with van der Waals surface area (Å²) >= 11 is 0. The summed E-state index contributed by atoms with van der Waals surface area (Å²) in [4.78, 5) is 12.2. The van der Waals surface area contributed by atoms with E-state index in [9.17, 15) is 9.90 Å². The Bertz CT molecular complexity index is 737. The van der Waals surface area contributed by atoms with Gasteiger partial charge in [0.15, 0.2) is 0 Å². The summed E-state index contributed by atoms with van der Waals surface area (Å²) in [6, 6.07) is 9.86. The predicted molar refractivity (Wildman–Crippen MR) is 86.2 cm³/mol. The van der Waals surface area contributed by atoms with E-state index in [1.165, 1.54) is 16.5 Å². The van der Waals surface area contributed by atoms with Gasteiger partial charge in [-0.2, -0.15) is 0 Å². The van der Waals surface area contributed by atoms with Crippen molar-refractivity contribution in [1.29, 1.82) is 0 Å². The van der Waals surface area contributed by atoms with Crippen LogP contribution < -0.4 is 0 Å². The zero-order valence-corrected chi connectivity index (χ0v) is 11.6. The Kier molecular flexibility index (Phi) is 3.67. The van der Waals surface area contributed by atoms with Gasteiger partial charge in [0, 0.05) is 11.8 Å². The van der Waals surface area contributed by atoms with Gasteiger partial charge in [0.25, 0.3) is 0 Å². The van der Waals surface area contributed by atoms with E-state index in [0.717, 1.165) is 31.1 Å². The molecule has 0 aliphatic heterocycles. The number of carbonyl (C=O) groups excluding carboxylic acids is 1. The molecule has 1 saturated carbocycles. The minimum absolute atomic E-state index is 0. The van der Waals surface area contributed by atoms with Crippen LogP contribution in [0.5, 0.6) is 5.75 Å². The fourth-order valence-corrected chi connectivity index (χ4v) is 4.27. The summed E-state index contributed by atoms with van der Waals surface area (Å²) in [7, 11) is 0. The first-order valence-electron chi connectivity index (χ1n) is 7.37. The van der Waals surface area contributed by atoms with Crippen LogP contribution in [0.2, 0.25) is 0 Å². The van der Waals surface area contributed by atoms with Crippen molar-refractivity contribution in [1.82, 2.24) is 0 Å². The third-order valence-electron chi connectivity index (χ3n) is 5.49. The summed E-state index contributed by atoms with van der Waals surface area (Å²) in [6.45, 7) is 2.15. The van der Waals surface area contributed by atoms with Crippen LogP contribution in [0.4, 0.5) is 0 Å². The molecule has 1 fully saturated rings. The van der Waals surface area contributed by atoms with Gasteiger partial charge in [-0.15, -0.1) is 0 Å². The summed E-state index contributed by atoms with van der Waals surface area (Å²) in [5, 5.41) is 11.9. The first kappa shape index (κ1) is 15.1. The summed E-state index contributed by atoms with van der Waals surface area (Å²) in [6.07, 6.45) is 3.65. The van der Waals surface area contributed by atoms with E-state index in [1.54, 1.807) is 6.07 Å². The Morgan fingerprint density at radius 2 is 2.00 bits per heavy atom. The Morgan fingerprint density at radius 3 is 2.81 bits per heavy atom. The Morgan fingerprint density at radius 1 is 1.19 bits per heavy atom. The van der Waals surface area contributed by atoms with E-state index in [0.29, 0.717) is 17.5 Å². The van der Waals surface area contributed by atoms with Crippen molar-refractivity contribution in [3.05, 3.63) is 41.5 Å². The third-order valence-corrected chi connectivity index (χ3v) is 5.49. The SMILES string of the molecule is C[C@]12CCc3c(ccc4cc(O)ccc34)[C@@H]1CCC2=O.[NaH]. The van der Waals surface area contributed by atoms with Crippen LogP contribution in [0.3, 0.4) is 0 Å². The second-order valence-corrected chi connectivity index (χ2v) is 6.47. The van der Waals surface area contributed by atoms with Crippen molar-refractivity contribution in [3.8, 4) is 5.75 Å². The zero-order chi connectivity index (χ0) is 13.9. The average molecular weight is 290 g/mol. The van der Waals surface area contributed by atoms with Gasteiger partial charge < -0.3 is 5.11 Å². The van der Waals surface area contributed by atoms with Gasteiger partial charge >= 0.3 is 29.6 Å². The molecule has 2 aliphatic carbocycles. The van der Waals surface area contributed by atoms with Crippen molar-refractivity contribution >= 4 is 46.1 Å². The molecule has 0 unspecified atom stereocenters. The fraction of sp³-hybridized carbons (Fsp3) is 0.389. The maximum atomic E-state index is 12.2. The number of aromatic hydroxyl groups is 1. The average Bonchev–Trinajstić information content (AvgIpc) is 2.74. The molecular weight excluding hydrogens is 271 g/mol. The van der Waals surface area contributed by atoms with Crippen LogP contribution in [-0.4, -0.2) is 40.4 Å². The van der Waals surface area contributed by atoms with Gasteiger partial charge in [-0.05, 0) is 59.2 Å². The molecule has 1 N–H and O–H groups in total. The summed E-state index contributed by atoms with van der Waals surface area (Å²) in [5.41, 5.74) is 2.61. The number of fused-ring (bicyclic) bond motifs is 5. The molecule has 0 bridgehead atoms. The predicted octanol–water partition coefficient (Wildman–Crippen LogP) is 3.30. The maximum absolute atomic E-state index is 12.2. The van der Waals surface area contributed by atoms with Crippen molar-refractivity contribution in [3.63, 3.8) is 0 Å². The molecule has 0 radical (unpaired) electrons. The number of rotatable bonds is 0. The van der Waals surface area contributed by atoms with Crippen LogP contribution in [0.15, 0.2) is 30.3 Å². The summed E-state index contributed by atoms with van der Waals surface area (Å²) in [5.74, 6) is 1.14. The van der Waals surface area contributed by atoms with E-state index < -0.39 is 0 Å². The molecule has 0 saturated heterocycles. The van der Waals surface area contributed by atoms with Gasteiger partial charge in [-0.25, -0.2) is 0 Å². The Balaban J connectivity index is 0.00000132. The molecule has 21 heavy (non-hydrogen) atoms. The fourth-order valence-electron chi connectivity index (χ4n) is 4.27. The standard InChI is InChI=1S/C18H18O2.Na.H/c1-18-9-8-14-13-5-3-12(19)10-11(13)2-4-15(14)16(18)6-7-17(18)20;;/h2-5,10,16,19H,6-9H2,1H3;;/t16-,18-;;/m0../s1. The van der Waals surface area contributed by atoms with E-state index in [1.807, 2.05) is 12.1 Å². The van der Waals surface area contributed by atoms with Gasteiger partial charge in [-0.3, -0.25) is 4.79 Å². The molecule has 3 heteroatoms. The first-order valence-corrected chi connectivity index (χ1v) is 7.37. The van der Waals surface area contributed by atoms with Crippen LogP contribution in [0, 0.1) is 5.41 Å². The van der Waals surface area contributed by atoms with Crippen LogP contribution in [-0.2, 0) is 11.2 Å². The minimum atomic E-state index is -0.141. The number of phenolic OH excluding ortho intramolecular Hbond substituents is 1. The normalized spacial score (nSPS) is 27.1. The summed E-state index contributed by atoms with van der Waals surface area (Å²) < 4.78 is 0. The molecule has 2 nitrogen and oxygen atoms in total. The molecule has 0 spiro atoms. The molecule has 4 rings (SSSR count). The number of carbonyl (C=O) groups is 1. The van der Waals surface area contributed by atoms with Crippen LogP contribution >= 0.6 is 0 Å². The third kappa shape index (κ3) is 2.08. The van der Waals surface area contributed by atoms with E-state index in [-0.39, 0.29) is 35.0 Å². The number of aryl methyl sites for hydroxylation is 1. The van der Waals surface area contributed by atoms with Gasteiger partial charge in [0.2, 0.25) is 0 Å². The van der Waals surface area contributed by atoms with E-state index in [4.69, 9.17) is 0 Å². The van der Waals surface area contributed by atoms with E-state index in [2.05, 4.69) is 19.1 Å². The molecule has 104 valence electrons. The van der Waals surface area contributed by atoms with Gasteiger partial charge in [0.05, 0.1) is 0 Å². The van der Waals surface area contributed by atoms with Crippen molar-refractivity contribution in [2.24, 2.45) is 5.41 Å². The second kappa shape index (κ2) is 5.12. The van der Waals surface area contributed by atoms with Crippen LogP contribution in [0.1, 0.15) is 43.2 Å². The topological polar surface area (TPSA) is 37.3 Å². The molecule has 2 aliphatic rings. The van der Waals surface area contributed by atoms with Gasteiger partial charge in [0.1, 0.15) is 11.5 Å². The molecule has 0 amide bonds. The molecule has 2 aromatic rings. The van der Waals surface area contributed by atoms with Crippen molar-refractivity contribution in [2.75, 3.05) is 0 Å². The monoisotopic (exact) mass is 290 g/mol. The number of phenols is 1. The molecule has 0 heterocycles. The number of hydrogen-bond donors (Lipinski definition) is 1. The van der Waals surface area contributed by atoms with Crippen molar-refractivity contribution < 1.29 is 9.90 Å². The van der Waals surface area contributed by atoms with Crippen molar-refractivity contribution in [2.45, 2.75) is 38.5 Å². The number of ketones is 1. The molecular formula is C18H19NaO2. The number of Topliss-reactive ketones (excluding diaryl/α,β-unsaturated/α-hetero) is 1. The quantitative estimate of drug-likeness (QED) is 0.756.